The first kappa shape index (κ1) is 18.5. The number of benzene rings is 1. The van der Waals surface area contributed by atoms with Crippen LogP contribution in [0.4, 0.5) is 0 Å². The van der Waals surface area contributed by atoms with E-state index in [0.717, 1.165) is 0 Å². The molecule has 1 aliphatic heterocycles. The molecule has 1 atom stereocenters. The Kier molecular flexibility index (Phi) is 6.56. The molecular formula is C18H22N2O5. The largest absolute Gasteiger partial charge is 0.490 e. The van der Waals surface area contributed by atoms with Crippen LogP contribution in [0.25, 0.3) is 0 Å². The van der Waals surface area contributed by atoms with Crippen LogP contribution in [0.1, 0.15) is 23.7 Å². The van der Waals surface area contributed by atoms with Crippen molar-refractivity contribution < 1.29 is 23.9 Å². The lowest BCUT2D eigenvalue weighted by Crippen LogP contribution is -2.57. The predicted molar refractivity (Wildman–Crippen MR) is 91.2 cm³/mol. The molecule has 0 radical (unpaired) electrons. The van der Waals surface area contributed by atoms with Gasteiger partial charge >= 0.3 is 5.97 Å². The number of nitrogens with one attached hydrogen (secondary N) is 1. The Labute approximate surface area is 146 Å². The number of nitrogens with zero attached hydrogens (tertiary/aromatic N) is 1. The van der Waals surface area contributed by atoms with Crippen LogP contribution >= 0.6 is 0 Å². The second-order valence-corrected chi connectivity index (χ2v) is 5.44. The van der Waals surface area contributed by atoms with E-state index in [2.05, 4.69) is 11.9 Å². The van der Waals surface area contributed by atoms with Crippen LogP contribution in [0.2, 0.25) is 0 Å². The van der Waals surface area contributed by atoms with Gasteiger partial charge < -0.3 is 19.7 Å². The molecule has 1 saturated heterocycles. The maximum absolute atomic E-state index is 12.8. The minimum absolute atomic E-state index is 0.161. The molecule has 2 rings (SSSR count). The summed E-state index contributed by atoms with van der Waals surface area (Å²) >= 11 is 0. The molecule has 2 amide bonds. The SMILES string of the molecule is C=CCOc1ccc(C(=O)N2CCNC(=O)[C@@H]2CC(=O)OCC)cc1. The van der Waals surface area contributed by atoms with Gasteiger partial charge in [-0.2, -0.15) is 0 Å². The molecule has 25 heavy (non-hydrogen) atoms. The van der Waals surface area contributed by atoms with Crippen LogP contribution in [-0.4, -0.2) is 55.0 Å². The minimum Gasteiger partial charge on any atom is -0.490 e. The number of carbonyl (C=O) groups excluding carboxylic acids is 3. The molecule has 0 bridgehead atoms. The van der Waals surface area contributed by atoms with Gasteiger partial charge in [-0.15, -0.1) is 0 Å². The van der Waals surface area contributed by atoms with E-state index in [-0.39, 0.29) is 24.8 Å². The van der Waals surface area contributed by atoms with Gasteiger partial charge in [0.1, 0.15) is 18.4 Å². The van der Waals surface area contributed by atoms with Crippen molar-refractivity contribution in [2.75, 3.05) is 26.3 Å². The van der Waals surface area contributed by atoms with E-state index in [4.69, 9.17) is 9.47 Å². The van der Waals surface area contributed by atoms with Gasteiger partial charge in [0, 0.05) is 18.7 Å². The van der Waals surface area contributed by atoms with Crippen molar-refractivity contribution in [1.29, 1.82) is 0 Å². The van der Waals surface area contributed by atoms with Gasteiger partial charge in [0.2, 0.25) is 5.91 Å². The van der Waals surface area contributed by atoms with Crippen LogP contribution in [0.15, 0.2) is 36.9 Å². The maximum Gasteiger partial charge on any atom is 0.308 e. The lowest BCUT2D eigenvalue weighted by Gasteiger charge is -2.34. The molecule has 134 valence electrons. The zero-order valence-corrected chi connectivity index (χ0v) is 14.2. The van der Waals surface area contributed by atoms with Crippen molar-refractivity contribution in [1.82, 2.24) is 10.2 Å². The van der Waals surface area contributed by atoms with E-state index in [9.17, 15) is 14.4 Å². The van der Waals surface area contributed by atoms with Crippen molar-refractivity contribution in [2.24, 2.45) is 0 Å². The van der Waals surface area contributed by atoms with E-state index in [0.29, 0.717) is 31.0 Å². The van der Waals surface area contributed by atoms with Crippen molar-refractivity contribution in [3.8, 4) is 5.75 Å². The zero-order chi connectivity index (χ0) is 18.2. The van der Waals surface area contributed by atoms with Crippen LogP contribution in [0.5, 0.6) is 5.75 Å². The van der Waals surface area contributed by atoms with Crippen LogP contribution in [0, 0.1) is 0 Å². The third-order valence-electron chi connectivity index (χ3n) is 3.73. The fourth-order valence-electron chi connectivity index (χ4n) is 2.55. The molecule has 0 aromatic heterocycles. The van der Waals surface area contributed by atoms with Crippen molar-refractivity contribution in [3.63, 3.8) is 0 Å². The fraction of sp³-hybridized carbons (Fsp3) is 0.389. The molecule has 0 unspecified atom stereocenters. The molecule has 1 N–H and O–H groups in total. The lowest BCUT2D eigenvalue weighted by molar-refractivity contribution is -0.147. The molecule has 0 spiro atoms. The summed E-state index contributed by atoms with van der Waals surface area (Å²) < 4.78 is 10.3. The Bertz CT molecular complexity index is 641. The predicted octanol–water partition coefficient (Wildman–Crippen LogP) is 1.15. The van der Waals surface area contributed by atoms with Crippen LogP contribution < -0.4 is 10.1 Å². The number of ether oxygens (including phenoxy) is 2. The van der Waals surface area contributed by atoms with Crippen LogP contribution in [-0.2, 0) is 14.3 Å². The number of carbonyl (C=O) groups is 3. The number of hydrogen-bond donors (Lipinski definition) is 1. The summed E-state index contributed by atoms with van der Waals surface area (Å²) in [5, 5.41) is 2.68. The Hall–Kier alpha value is -2.83. The van der Waals surface area contributed by atoms with E-state index in [1.165, 1.54) is 4.90 Å². The lowest BCUT2D eigenvalue weighted by atomic mass is 10.1. The molecule has 0 saturated carbocycles. The highest BCUT2D eigenvalue weighted by atomic mass is 16.5. The second kappa shape index (κ2) is 8.86. The molecule has 1 fully saturated rings. The van der Waals surface area contributed by atoms with E-state index in [1.807, 2.05) is 0 Å². The summed E-state index contributed by atoms with van der Waals surface area (Å²) in [5.41, 5.74) is 0.425. The highest BCUT2D eigenvalue weighted by Gasteiger charge is 2.35. The fourth-order valence-corrected chi connectivity index (χ4v) is 2.55. The van der Waals surface area contributed by atoms with E-state index < -0.39 is 12.0 Å². The molecule has 7 heteroatoms. The number of esters is 1. The molecule has 1 aromatic rings. The molecule has 1 heterocycles. The first-order chi connectivity index (χ1) is 12.1. The molecule has 1 aliphatic rings. The standard InChI is InChI=1S/C18H22N2O5/c1-3-11-25-14-7-5-13(6-8-14)18(23)20-10-9-19-17(22)15(20)12-16(21)24-4-2/h3,5-8,15H,1,4,9-12H2,2H3,(H,19,22)/t15-/m0/s1. The summed E-state index contributed by atoms with van der Waals surface area (Å²) in [6.45, 7) is 6.56. The number of rotatable bonds is 7. The van der Waals surface area contributed by atoms with E-state index >= 15 is 0 Å². The summed E-state index contributed by atoms with van der Waals surface area (Å²) in [4.78, 5) is 38.0. The highest BCUT2D eigenvalue weighted by molar-refractivity contribution is 5.99. The topological polar surface area (TPSA) is 84.9 Å². The first-order valence-electron chi connectivity index (χ1n) is 8.15. The molecule has 7 nitrogen and oxygen atoms in total. The summed E-state index contributed by atoms with van der Waals surface area (Å²) in [6, 6.07) is 5.77. The smallest absolute Gasteiger partial charge is 0.308 e. The van der Waals surface area contributed by atoms with Crippen molar-refractivity contribution in [2.45, 2.75) is 19.4 Å². The van der Waals surface area contributed by atoms with Crippen LogP contribution in [0.3, 0.4) is 0 Å². The zero-order valence-electron chi connectivity index (χ0n) is 14.2. The molecule has 1 aromatic carbocycles. The quantitative estimate of drug-likeness (QED) is 0.591. The highest BCUT2D eigenvalue weighted by Crippen LogP contribution is 2.17. The average molecular weight is 346 g/mol. The summed E-state index contributed by atoms with van der Waals surface area (Å²) in [7, 11) is 0. The minimum atomic E-state index is -0.864. The normalized spacial score (nSPS) is 16.8. The van der Waals surface area contributed by atoms with Gasteiger partial charge in [-0.05, 0) is 31.2 Å². The van der Waals surface area contributed by atoms with Crippen molar-refractivity contribution in [3.05, 3.63) is 42.5 Å². The third-order valence-corrected chi connectivity index (χ3v) is 3.73. The molecular weight excluding hydrogens is 324 g/mol. The maximum atomic E-state index is 12.8. The number of piperazine rings is 1. The Morgan fingerprint density at radius 2 is 2.08 bits per heavy atom. The summed E-state index contributed by atoms with van der Waals surface area (Å²) in [6.07, 6.45) is 1.47. The third kappa shape index (κ3) is 4.82. The monoisotopic (exact) mass is 346 g/mol. The van der Waals surface area contributed by atoms with Gasteiger partial charge in [0.25, 0.3) is 5.91 Å². The molecule has 0 aliphatic carbocycles. The number of hydrogen-bond acceptors (Lipinski definition) is 5. The Balaban J connectivity index is 2.12. The van der Waals surface area contributed by atoms with Gasteiger partial charge in [0.05, 0.1) is 13.0 Å². The van der Waals surface area contributed by atoms with E-state index in [1.54, 1.807) is 37.3 Å². The first-order valence-corrected chi connectivity index (χ1v) is 8.15. The van der Waals surface area contributed by atoms with Crippen molar-refractivity contribution >= 4 is 17.8 Å². The van der Waals surface area contributed by atoms with Gasteiger partial charge in [-0.1, -0.05) is 12.7 Å². The average Bonchev–Trinajstić information content (AvgIpc) is 2.62. The Morgan fingerprint density at radius 3 is 2.72 bits per heavy atom. The van der Waals surface area contributed by atoms with Gasteiger partial charge in [-0.3, -0.25) is 14.4 Å². The number of amides is 2. The summed E-state index contributed by atoms with van der Waals surface area (Å²) in [5.74, 6) is -0.538. The van der Waals surface area contributed by atoms with Gasteiger partial charge in [0.15, 0.2) is 0 Å². The Morgan fingerprint density at radius 1 is 1.36 bits per heavy atom. The van der Waals surface area contributed by atoms with Gasteiger partial charge in [-0.25, -0.2) is 0 Å². The second-order valence-electron chi connectivity index (χ2n) is 5.44.